The number of rotatable bonds is 5. The number of hydrogen-bond donors (Lipinski definition) is 1. The maximum atomic E-state index is 12.2. The molecule has 0 atom stereocenters. The summed E-state index contributed by atoms with van der Waals surface area (Å²) in [5.41, 5.74) is 0.710. The Balaban J connectivity index is 1.37. The fourth-order valence-corrected chi connectivity index (χ4v) is 2.41. The molecule has 0 saturated carbocycles. The maximum absolute atomic E-state index is 12.2. The van der Waals surface area contributed by atoms with Gasteiger partial charge in [-0.3, -0.25) is 4.79 Å². The van der Waals surface area contributed by atoms with Crippen LogP contribution < -0.4 is 19.5 Å². The highest BCUT2D eigenvalue weighted by molar-refractivity contribution is 6.02. The van der Waals surface area contributed by atoms with Crippen LogP contribution in [0.15, 0.2) is 65.1 Å². The van der Waals surface area contributed by atoms with Crippen molar-refractivity contribution in [1.82, 2.24) is 0 Å². The molecule has 1 N–H and O–H groups in total. The SMILES string of the molecule is O=C(Nc1ccccc1)c1ccc(COc2ccc3c(c2)OCO3)o1. The smallest absolute Gasteiger partial charge is 0.291 e. The first-order valence-corrected chi connectivity index (χ1v) is 7.75. The lowest BCUT2D eigenvalue weighted by atomic mass is 10.3. The van der Waals surface area contributed by atoms with Crippen LogP contribution in [-0.2, 0) is 6.61 Å². The predicted octanol–water partition coefficient (Wildman–Crippen LogP) is 3.84. The summed E-state index contributed by atoms with van der Waals surface area (Å²) in [6.07, 6.45) is 0. The molecule has 0 unspecified atom stereocenters. The Bertz CT molecular complexity index is 888. The monoisotopic (exact) mass is 337 g/mol. The number of amides is 1. The van der Waals surface area contributed by atoms with Crippen LogP contribution in [0, 0.1) is 0 Å². The molecular weight excluding hydrogens is 322 g/mol. The van der Waals surface area contributed by atoms with Crippen molar-refractivity contribution in [3.05, 3.63) is 72.2 Å². The largest absolute Gasteiger partial charge is 0.486 e. The lowest BCUT2D eigenvalue weighted by Crippen LogP contribution is -2.10. The van der Waals surface area contributed by atoms with Gasteiger partial charge in [-0.25, -0.2) is 0 Å². The van der Waals surface area contributed by atoms with E-state index in [4.69, 9.17) is 18.6 Å². The minimum absolute atomic E-state index is 0.207. The Hall–Kier alpha value is -3.41. The van der Waals surface area contributed by atoms with Gasteiger partial charge < -0.3 is 23.9 Å². The molecule has 6 nitrogen and oxygen atoms in total. The van der Waals surface area contributed by atoms with Gasteiger partial charge in [-0.2, -0.15) is 0 Å². The summed E-state index contributed by atoms with van der Waals surface area (Å²) in [6.45, 7) is 0.426. The lowest BCUT2D eigenvalue weighted by molar-refractivity contribution is 0.0992. The average molecular weight is 337 g/mol. The number of benzene rings is 2. The second-order valence-corrected chi connectivity index (χ2v) is 5.39. The molecule has 0 saturated heterocycles. The third-order valence-electron chi connectivity index (χ3n) is 3.64. The molecule has 126 valence electrons. The van der Waals surface area contributed by atoms with Crippen LogP contribution in [0.5, 0.6) is 17.2 Å². The number of carbonyl (C=O) groups excluding carboxylic acids is 1. The van der Waals surface area contributed by atoms with E-state index in [-0.39, 0.29) is 25.1 Å². The normalized spacial score (nSPS) is 12.0. The first-order chi connectivity index (χ1) is 12.3. The molecule has 6 heteroatoms. The predicted molar refractivity (Wildman–Crippen MR) is 90.0 cm³/mol. The summed E-state index contributed by atoms with van der Waals surface area (Å²) < 4.78 is 21.8. The van der Waals surface area contributed by atoms with Crippen molar-refractivity contribution in [2.24, 2.45) is 0 Å². The molecule has 0 spiro atoms. The van der Waals surface area contributed by atoms with Crippen molar-refractivity contribution >= 4 is 11.6 Å². The molecule has 0 fully saturated rings. The van der Waals surface area contributed by atoms with Crippen molar-refractivity contribution in [1.29, 1.82) is 0 Å². The Morgan fingerprint density at radius 1 is 1.00 bits per heavy atom. The zero-order valence-corrected chi connectivity index (χ0v) is 13.2. The van der Waals surface area contributed by atoms with Gasteiger partial charge in [0.05, 0.1) is 0 Å². The minimum Gasteiger partial charge on any atom is -0.486 e. The van der Waals surface area contributed by atoms with Gasteiger partial charge >= 0.3 is 0 Å². The quantitative estimate of drug-likeness (QED) is 0.766. The highest BCUT2D eigenvalue weighted by atomic mass is 16.7. The fraction of sp³-hybridized carbons (Fsp3) is 0.105. The molecule has 0 radical (unpaired) electrons. The van der Waals surface area contributed by atoms with E-state index >= 15 is 0 Å². The molecule has 1 aromatic heterocycles. The number of carbonyl (C=O) groups is 1. The van der Waals surface area contributed by atoms with Crippen LogP contribution in [0.1, 0.15) is 16.3 Å². The molecule has 2 aromatic carbocycles. The number of nitrogens with one attached hydrogen (secondary N) is 1. The summed E-state index contributed by atoms with van der Waals surface area (Å²) >= 11 is 0. The van der Waals surface area contributed by atoms with E-state index in [1.165, 1.54) is 0 Å². The van der Waals surface area contributed by atoms with E-state index in [0.29, 0.717) is 28.7 Å². The molecular formula is C19H15NO5. The van der Waals surface area contributed by atoms with Crippen LogP contribution in [0.25, 0.3) is 0 Å². The van der Waals surface area contributed by atoms with Gasteiger partial charge in [-0.05, 0) is 36.4 Å². The van der Waals surface area contributed by atoms with Crippen LogP contribution >= 0.6 is 0 Å². The first-order valence-electron chi connectivity index (χ1n) is 7.75. The topological polar surface area (TPSA) is 69.9 Å². The van der Waals surface area contributed by atoms with E-state index < -0.39 is 0 Å². The number of hydrogen-bond acceptors (Lipinski definition) is 5. The Labute approximate surface area is 143 Å². The second kappa shape index (κ2) is 6.60. The molecule has 4 rings (SSSR count). The van der Waals surface area contributed by atoms with Crippen LogP contribution in [-0.4, -0.2) is 12.7 Å². The van der Waals surface area contributed by atoms with Gasteiger partial charge in [-0.1, -0.05) is 18.2 Å². The Morgan fingerprint density at radius 3 is 2.72 bits per heavy atom. The molecule has 1 aliphatic heterocycles. The molecule has 25 heavy (non-hydrogen) atoms. The maximum Gasteiger partial charge on any atom is 0.291 e. The van der Waals surface area contributed by atoms with Gasteiger partial charge in [0, 0.05) is 11.8 Å². The standard InChI is InChI=1S/C19H15NO5/c21-19(20-13-4-2-1-3-5-13)17-9-7-15(25-17)11-22-14-6-8-16-18(10-14)24-12-23-16/h1-10H,11-12H2,(H,20,21). The highest BCUT2D eigenvalue weighted by Crippen LogP contribution is 2.35. The zero-order chi connectivity index (χ0) is 17.1. The number of fused-ring (bicyclic) bond motifs is 1. The van der Waals surface area contributed by atoms with Crippen molar-refractivity contribution in [2.75, 3.05) is 12.1 Å². The summed E-state index contributed by atoms with van der Waals surface area (Å²) in [4.78, 5) is 12.2. The van der Waals surface area contributed by atoms with Gasteiger partial charge in [0.1, 0.15) is 18.1 Å². The minimum atomic E-state index is -0.305. The number of para-hydroxylation sites is 1. The van der Waals surface area contributed by atoms with Gasteiger partial charge in [0.2, 0.25) is 6.79 Å². The number of anilines is 1. The summed E-state index contributed by atoms with van der Waals surface area (Å²) in [7, 11) is 0. The summed E-state index contributed by atoms with van der Waals surface area (Å²) in [6, 6.07) is 17.9. The number of ether oxygens (including phenoxy) is 3. The van der Waals surface area contributed by atoms with Crippen LogP contribution in [0.3, 0.4) is 0 Å². The first kappa shape index (κ1) is 15.1. The van der Waals surface area contributed by atoms with Crippen LogP contribution in [0.2, 0.25) is 0 Å². The van der Waals surface area contributed by atoms with Crippen LogP contribution in [0.4, 0.5) is 5.69 Å². The van der Waals surface area contributed by atoms with E-state index in [9.17, 15) is 4.79 Å². The van der Waals surface area contributed by atoms with Crippen molar-refractivity contribution < 1.29 is 23.4 Å². The van der Waals surface area contributed by atoms with E-state index in [1.54, 1.807) is 30.3 Å². The Morgan fingerprint density at radius 2 is 1.84 bits per heavy atom. The summed E-state index contributed by atoms with van der Waals surface area (Å²) in [5, 5.41) is 2.77. The van der Waals surface area contributed by atoms with E-state index in [2.05, 4.69) is 5.32 Å². The molecule has 1 amide bonds. The van der Waals surface area contributed by atoms with E-state index in [1.807, 2.05) is 30.3 Å². The molecule has 0 bridgehead atoms. The molecule has 2 heterocycles. The van der Waals surface area contributed by atoms with Gasteiger partial charge in [0.15, 0.2) is 17.3 Å². The van der Waals surface area contributed by atoms with Crippen molar-refractivity contribution in [3.8, 4) is 17.2 Å². The molecule has 0 aliphatic carbocycles. The van der Waals surface area contributed by atoms with Crippen molar-refractivity contribution in [3.63, 3.8) is 0 Å². The van der Waals surface area contributed by atoms with E-state index in [0.717, 1.165) is 0 Å². The van der Waals surface area contributed by atoms with Crippen molar-refractivity contribution in [2.45, 2.75) is 6.61 Å². The zero-order valence-electron chi connectivity index (χ0n) is 13.2. The number of furan rings is 1. The third-order valence-corrected chi connectivity index (χ3v) is 3.64. The molecule has 3 aromatic rings. The third kappa shape index (κ3) is 3.42. The highest BCUT2D eigenvalue weighted by Gasteiger charge is 2.15. The van der Waals surface area contributed by atoms with Gasteiger partial charge in [-0.15, -0.1) is 0 Å². The fourth-order valence-electron chi connectivity index (χ4n) is 2.41. The molecule has 1 aliphatic rings. The Kier molecular flexibility index (Phi) is 4.00. The van der Waals surface area contributed by atoms with Gasteiger partial charge in [0.25, 0.3) is 5.91 Å². The summed E-state index contributed by atoms with van der Waals surface area (Å²) in [5.74, 6) is 2.46. The lowest BCUT2D eigenvalue weighted by Gasteiger charge is -2.05. The average Bonchev–Trinajstić information content (AvgIpc) is 3.29. The second-order valence-electron chi connectivity index (χ2n) is 5.39.